The number of aryl methyl sites for hydroxylation is 2. The summed E-state index contributed by atoms with van der Waals surface area (Å²) in [4.78, 5) is 18.1. The minimum absolute atomic E-state index is 0.301. The molecule has 6 heteroatoms. The molecule has 0 N–H and O–H groups in total. The van der Waals surface area contributed by atoms with Crippen LogP contribution in [-0.4, -0.2) is 24.1 Å². The van der Waals surface area contributed by atoms with E-state index in [4.69, 9.17) is 0 Å². The number of hydrogen-bond donors (Lipinski definition) is 0. The monoisotopic (exact) mass is 348 g/mol. The minimum atomic E-state index is -1.02. The highest BCUT2D eigenvalue weighted by Gasteiger charge is 2.20. The average Bonchev–Trinajstić information content (AvgIpc) is 2.53. The van der Waals surface area contributed by atoms with Crippen LogP contribution in [0.5, 0.6) is 0 Å². The fraction of sp³-hybridized carbons (Fsp3) is 0.263. The summed E-state index contributed by atoms with van der Waals surface area (Å²) in [6.07, 6.45) is 1.66. The van der Waals surface area contributed by atoms with Crippen LogP contribution >= 0.6 is 0 Å². The third-order valence-corrected chi connectivity index (χ3v) is 3.89. The lowest BCUT2D eigenvalue weighted by Crippen LogP contribution is -2.28. The van der Waals surface area contributed by atoms with Gasteiger partial charge in [0.2, 0.25) is 0 Å². The molecule has 0 fully saturated rings. The molecule has 0 aliphatic heterocycles. The molecule has 0 atom stereocenters. The molecular formula is C19H19F3N2O. The van der Waals surface area contributed by atoms with E-state index in [1.807, 2.05) is 6.92 Å². The first-order valence-electron chi connectivity index (χ1n) is 7.73. The number of amides is 1. The van der Waals surface area contributed by atoms with Gasteiger partial charge in [-0.25, -0.2) is 13.2 Å². The molecule has 2 aromatic rings. The van der Waals surface area contributed by atoms with Crippen LogP contribution in [0.15, 0.2) is 29.3 Å². The Kier molecular flexibility index (Phi) is 5.62. The van der Waals surface area contributed by atoms with Crippen molar-refractivity contribution >= 4 is 17.8 Å². The van der Waals surface area contributed by atoms with E-state index in [1.165, 1.54) is 11.9 Å². The lowest BCUT2D eigenvalue weighted by Gasteiger charge is -2.20. The molecular weight excluding hydrogens is 329 g/mol. The standard InChI is InChI=1S/C19H19F3N2O/c1-5-23-18-7-11(2)14(6-12(18)3)19(25)24(4)10-15-16(21)8-13(20)9-17(15)22/h5-9H,10H2,1-4H3. The van der Waals surface area contributed by atoms with Gasteiger partial charge in [-0.3, -0.25) is 9.79 Å². The molecule has 0 radical (unpaired) electrons. The molecule has 0 unspecified atom stereocenters. The number of aliphatic imine (C=N–C) groups is 1. The minimum Gasteiger partial charge on any atom is -0.337 e. The molecule has 0 heterocycles. The summed E-state index contributed by atoms with van der Waals surface area (Å²) < 4.78 is 40.6. The van der Waals surface area contributed by atoms with Gasteiger partial charge >= 0.3 is 0 Å². The van der Waals surface area contributed by atoms with Crippen molar-refractivity contribution in [1.82, 2.24) is 4.90 Å². The van der Waals surface area contributed by atoms with E-state index in [0.717, 1.165) is 11.3 Å². The Labute approximate surface area is 144 Å². The summed E-state index contributed by atoms with van der Waals surface area (Å²) in [6, 6.07) is 4.69. The third kappa shape index (κ3) is 4.07. The van der Waals surface area contributed by atoms with Gasteiger partial charge in [-0.05, 0) is 44.0 Å². The molecule has 2 rings (SSSR count). The molecule has 0 aliphatic carbocycles. The van der Waals surface area contributed by atoms with Gasteiger partial charge in [0.15, 0.2) is 0 Å². The second-order valence-corrected chi connectivity index (χ2v) is 5.85. The van der Waals surface area contributed by atoms with Gasteiger partial charge in [0, 0.05) is 36.5 Å². The van der Waals surface area contributed by atoms with Crippen LogP contribution in [0.2, 0.25) is 0 Å². The number of hydrogen-bond acceptors (Lipinski definition) is 2. The average molecular weight is 348 g/mol. The van der Waals surface area contributed by atoms with Gasteiger partial charge in [0.25, 0.3) is 5.91 Å². The van der Waals surface area contributed by atoms with E-state index in [1.54, 1.807) is 32.2 Å². The largest absolute Gasteiger partial charge is 0.337 e. The normalized spacial score (nSPS) is 11.2. The number of rotatable bonds is 4. The molecule has 0 aliphatic rings. The molecule has 0 aromatic heterocycles. The van der Waals surface area contributed by atoms with Crippen molar-refractivity contribution in [2.75, 3.05) is 7.05 Å². The first-order chi connectivity index (χ1) is 11.7. The highest BCUT2D eigenvalue weighted by Crippen LogP contribution is 2.25. The van der Waals surface area contributed by atoms with Crippen LogP contribution in [-0.2, 0) is 6.54 Å². The predicted molar refractivity (Wildman–Crippen MR) is 91.9 cm³/mol. The van der Waals surface area contributed by atoms with E-state index >= 15 is 0 Å². The first-order valence-corrected chi connectivity index (χ1v) is 7.73. The number of benzene rings is 2. The third-order valence-electron chi connectivity index (χ3n) is 3.89. The zero-order valence-corrected chi connectivity index (χ0v) is 14.5. The Balaban J connectivity index is 2.31. The quantitative estimate of drug-likeness (QED) is 0.736. The first kappa shape index (κ1) is 18.7. The van der Waals surface area contributed by atoms with Crippen molar-refractivity contribution in [2.45, 2.75) is 27.3 Å². The Morgan fingerprint density at radius 3 is 2.24 bits per heavy atom. The highest BCUT2D eigenvalue weighted by molar-refractivity contribution is 5.96. The van der Waals surface area contributed by atoms with Crippen molar-refractivity contribution in [3.05, 3.63) is 64.0 Å². The summed E-state index contributed by atoms with van der Waals surface area (Å²) in [5, 5.41) is 0. The van der Waals surface area contributed by atoms with Gasteiger partial charge < -0.3 is 4.90 Å². The van der Waals surface area contributed by atoms with Crippen molar-refractivity contribution in [3.63, 3.8) is 0 Å². The van der Waals surface area contributed by atoms with Gasteiger partial charge in [-0.1, -0.05) is 0 Å². The second kappa shape index (κ2) is 7.51. The summed E-state index contributed by atoms with van der Waals surface area (Å²) >= 11 is 0. The molecule has 132 valence electrons. The topological polar surface area (TPSA) is 32.7 Å². The summed E-state index contributed by atoms with van der Waals surface area (Å²) in [6.45, 7) is 5.10. The van der Waals surface area contributed by atoms with Gasteiger partial charge in [-0.15, -0.1) is 0 Å². The highest BCUT2D eigenvalue weighted by atomic mass is 19.1. The fourth-order valence-corrected chi connectivity index (χ4v) is 2.55. The van der Waals surface area contributed by atoms with E-state index in [0.29, 0.717) is 23.3 Å². The summed E-state index contributed by atoms with van der Waals surface area (Å²) in [5.41, 5.74) is 2.37. The SMILES string of the molecule is CC=Nc1cc(C)c(C(=O)N(C)Cc2c(F)cc(F)cc2F)cc1C. The number of nitrogens with zero attached hydrogens (tertiary/aromatic N) is 2. The predicted octanol–water partition coefficient (Wildman–Crippen LogP) is 4.72. The Bertz CT molecular complexity index is 824. The summed E-state index contributed by atoms with van der Waals surface area (Å²) in [7, 11) is 1.44. The van der Waals surface area contributed by atoms with Gasteiger partial charge in [-0.2, -0.15) is 0 Å². The van der Waals surface area contributed by atoms with E-state index in [9.17, 15) is 18.0 Å². The van der Waals surface area contributed by atoms with Crippen LogP contribution in [0.25, 0.3) is 0 Å². The molecule has 0 saturated carbocycles. The lowest BCUT2D eigenvalue weighted by atomic mass is 10.0. The number of carbonyl (C=O) groups is 1. The summed E-state index contributed by atoms with van der Waals surface area (Å²) in [5.74, 6) is -3.41. The zero-order chi connectivity index (χ0) is 18.7. The van der Waals surface area contributed by atoms with Crippen LogP contribution < -0.4 is 0 Å². The van der Waals surface area contributed by atoms with Crippen molar-refractivity contribution in [1.29, 1.82) is 0 Å². The Morgan fingerprint density at radius 1 is 1.08 bits per heavy atom. The van der Waals surface area contributed by atoms with Crippen LogP contribution in [0.1, 0.15) is 34.0 Å². The Hall–Kier alpha value is -2.63. The van der Waals surface area contributed by atoms with E-state index < -0.39 is 17.5 Å². The molecule has 0 spiro atoms. The van der Waals surface area contributed by atoms with E-state index in [2.05, 4.69) is 4.99 Å². The molecule has 1 amide bonds. The van der Waals surface area contributed by atoms with Gasteiger partial charge in [0.05, 0.1) is 12.2 Å². The molecule has 0 bridgehead atoms. The maximum absolute atomic E-state index is 13.8. The molecule has 25 heavy (non-hydrogen) atoms. The maximum Gasteiger partial charge on any atom is 0.254 e. The van der Waals surface area contributed by atoms with Gasteiger partial charge in [0.1, 0.15) is 17.5 Å². The Morgan fingerprint density at radius 2 is 1.68 bits per heavy atom. The second-order valence-electron chi connectivity index (χ2n) is 5.85. The molecule has 3 nitrogen and oxygen atoms in total. The number of carbonyl (C=O) groups excluding carboxylic acids is 1. The van der Waals surface area contributed by atoms with Crippen molar-refractivity contribution in [2.24, 2.45) is 4.99 Å². The van der Waals surface area contributed by atoms with Crippen molar-refractivity contribution < 1.29 is 18.0 Å². The zero-order valence-electron chi connectivity index (χ0n) is 14.5. The van der Waals surface area contributed by atoms with Crippen LogP contribution in [0, 0.1) is 31.3 Å². The lowest BCUT2D eigenvalue weighted by molar-refractivity contribution is 0.0781. The molecule has 2 aromatic carbocycles. The van der Waals surface area contributed by atoms with Crippen molar-refractivity contribution in [3.8, 4) is 0 Å². The number of halogens is 3. The smallest absolute Gasteiger partial charge is 0.254 e. The maximum atomic E-state index is 13.8. The molecule has 0 saturated heterocycles. The fourth-order valence-electron chi connectivity index (χ4n) is 2.55. The van der Waals surface area contributed by atoms with Crippen LogP contribution in [0.3, 0.4) is 0 Å². The van der Waals surface area contributed by atoms with E-state index in [-0.39, 0.29) is 18.0 Å². The van der Waals surface area contributed by atoms with Crippen LogP contribution in [0.4, 0.5) is 18.9 Å².